The van der Waals surface area contributed by atoms with Gasteiger partial charge in [0.2, 0.25) is 0 Å². The lowest BCUT2D eigenvalue weighted by molar-refractivity contribution is 0.0432. The zero-order valence-electron chi connectivity index (χ0n) is 16.4. The predicted molar refractivity (Wildman–Crippen MR) is 110 cm³/mol. The van der Waals surface area contributed by atoms with Gasteiger partial charge in [0.1, 0.15) is 0 Å². The average Bonchev–Trinajstić information content (AvgIpc) is 3.28. The van der Waals surface area contributed by atoms with Crippen molar-refractivity contribution in [3.05, 3.63) is 59.9 Å². The molecule has 2 aromatic rings. The number of ether oxygens (including phenoxy) is 1. The number of piperazine rings is 1. The second kappa shape index (κ2) is 9.15. The summed E-state index contributed by atoms with van der Waals surface area (Å²) in [6, 6.07) is 10.5. The zero-order chi connectivity index (χ0) is 20.1. The van der Waals surface area contributed by atoms with Gasteiger partial charge in [-0.25, -0.2) is 0 Å². The lowest BCUT2D eigenvalue weighted by Crippen LogP contribution is -2.50. The number of amides is 2. The Bertz CT molecular complexity index is 844. The summed E-state index contributed by atoms with van der Waals surface area (Å²) < 4.78 is 5.72. The van der Waals surface area contributed by atoms with Crippen molar-refractivity contribution in [3.8, 4) is 0 Å². The Kier molecular flexibility index (Phi) is 6.17. The van der Waals surface area contributed by atoms with E-state index in [4.69, 9.17) is 4.74 Å². The number of hydrogen-bond donors (Lipinski definition) is 1. The lowest BCUT2D eigenvalue weighted by Gasteiger charge is -2.35. The average molecular weight is 394 g/mol. The molecule has 2 amide bonds. The third-order valence-corrected chi connectivity index (χ3v) is 5.44. The number of anilines is 1. The smallest absolute Gasteiger partial charge is 0.257 e. The molecule has 0 aliphatic carbocycles. The van der Waals surface area contributed by atoms with Crippen molar-refractivity contribution in [2.75, 3.05) is 44.6 Å². The van der Waals surface area contributed by atoms with Crippen LogP contribution in [0.15, 0.2) is 48.8 Å². The van der Waals surface area contributed by atoms with Crippen LogP contribution in [0.5, 0.6) is 0 Å². The van der Waals surface area contributed by atoms with Crippen LogP contribution < -0.4 is 5.32 Å². The normalized spacial score (nSPS) is 19.9. The van der Waals surface area contributed by atoms with E-state index in [-0.39, 0.29) is 11.8 Å². The fourth-order valence-electron chi connectivity index (χ4n) is 3.82. The standard InChI is InChI=1S/C22H26N4O3/c27-21(18-5-2-8-23-15-18)24-19-6-1-4-17(14-19)22(28)26-11-9-25(10-12-26)16-20-7-3-13-29-20/h1-2,4-6,8,14-15,20H,3,7,9-13,16H2,(H,24,27). The van der Waals surface area contributed by atoms with Gasteiger partial charge in [0.15, 0.2) is 0 Å². The molecule has 1 unspecified atom stereocenters. The molecule has 1 N–H and O–H groups in total. The summed E-state index contributed by atoms with van der Waals surface area (Å²) in [5.74, 6) is -0.246. The molecular formula is C22H26N4O3. The number of pyridine rings is 1. The van der Waals surface area contributed by atoms with E-state index in [1.165, 1.54) is 6.20 Å². The minimum absolute atomic E-state index is 0.000701. The molecule has 1 atom stereocenters. The van der Waals surface area contributed by atoms with E-state index in [2.05, 4.69) is 15.2 Å². The number of carbonyl (C=O) groups excluding carboxylic acids is 2. The molecule has 29 heavy (non-hydrogen) atoms. The summed E-state index contributed by atoms with van der Waals surface area (Å²) in [5, 5.41) is 2.83. The van der Waals surface area contributed by atoms with E-state index in [1.54, 1.807) is 42.6 Å². The van der Waals surface area contributed by atoms with Crippen molar-refractivity contribution in [3.63, 3.8) is 0 Å². The molecule has 0 saturated carbocycles. The number of carbonyl (C=O) groups is 2. The van der Waals surface area contributed by atoms with Gasteiger partial charge in [0, 0.05) is 63.0 Å². The molecule has 2 aliphatic heterocycles. The predicted octanol–water partition coefficient (Wildman–Crippen LogP) is 2.27. The molecular weight excluding hydrogens is 368 g/mol. The van der Waals surface area contributed by atoms with Crippen LogP contribution in [0.1, 0.15) is 33.6 Å². The number of aromatic nitrogens is 1. The van der Waals surface area contributed by atoms with Crippen molar-refractivity contribution in [2.24, 2.45) is 0 Å². The van der Waals surface area contributed by atoms with Crippen molar-refractivity contribution in [1.82, 2.24) is 14.8 Å². The molecule has 1 aromatic heterocycles. The summed E-state index contributed by atoms with van der Waals surface area (Å²) in [4.78, 5) is 33.5. The third kappa shape index (κ3) is 4.99. The van der Waals surface area contributed by atoms with Crippen molar-refractivity contribution < 1.29 is 14.3 Å². The van der Waals surface area contributed by atoms with Crippen molar-refractivity contribution >= 4 is 17.5 Å². The van der Waals surface area contributed by atoms with Gasteiger partial charge in [0.25, 0.3) is 11.8 Å². The van der Waals surface area contributed by atoms with Crippen LogP contribution in [-0.4, -0.2) is 72.0 Å². The van der Waals surface area contributed by atoms with Crippen LogP contribution in [0.2, 0.25) is 0 Å². The molecule has 0 spiro atoms. The number of nitrogens with one attached hydrogen (secondary N) is 1. The van der Waals surface area contributed by atoms with E-state index in [9.17, 15) is 9.59 Å². The molecule has 0 bridgehead atoms. The van der Waals surface area contributed by atoms with Crippen LogP contribution in [0.25, 0.3) is 0 Å². The Labute approximate surface area is 170 Å². The van der Waals surface area contributed by atoms with Gasteiger partial charge in [0.05, 0.1) is 11.7 Å². The fraction of sp³-hybridized carbons (Fsp3) is 0.409. The second-order valence-electron chi connectivity index (χ2n) is 7.50. The van der Waals surface area contributed by atoms with Gasteiger partial charge in [-0.3, -0.25) is 19.5 Å². The molecule has 2 saturated heterocycles. The van der Waals surface area contributed by atoms with E-state index in [1.807, 2.05) is 4.90 Å². The SMILES string of the molecule is O=C(Nc1cccc(C(=O)N2CCN(CC3CCCO3)CC2)c1)c1cccnc1. The Morgan fingerprint density at radius 2 is 1.93 bits per heavy atom. The highest BCUT2D eigenvalue weighted by Crippen LogP contribution is 2.17. The van der Waals surface area contributed by atoms with Crippen molar-refractivity contribution in [1.29, 1.82) is 0 Å². The first-order chi connectivity index (χ1) is 14.2. The monoisotopic (exact) mass is 394 g/mol. The van der Waals surface area contributed by atoms with E-state index in [0.717, 1.165) is 39.1 Å². The first kappa shape index (κ1) is 19.5. The lowest BCUT2D eigenvalue weighted by atomic mass is 10.1. The van der Waals surface area contributed by atoms with E-state index < -0.39 is 0 Å². The van der Waals surface area contributed by atoms with Gasteiger partial charge in [-0.15, -0.1) is 0 Å². The summed E-state index contributed by atoms with van der Waals surface area (Å²) in [7, 11) is 0. The van der Waals surface area contributed by atoms with E-state index >= 15 is 0 Å². The quantitative estimate of drug-likeness (QED) is 0.842. The largest absolute Gasteiger partial charge is 0.377 e. The highest BCUT2D eigenvalue weighted by Gasteiger charge is 2.25. The number of rotatable bonds is 5. The molecule has 2 fully saturated rings. The third-order valence-electron chi connectivity index (χ3n) is 5.44. The minimum atomic E-state index is -0.245. The maximum Gasteiger partial charge on any atom is 0.257 e. The van der Waals surface area contributed by atoms with Crippen molar-refractivity contribution in [2.45, 2.75) is 18.9 Å². The molecule has 7 nitrogen and oxygen atoms in total. The molecule has 4 rings (SSSR count). The second-order valence-corrected chi connectivity index (χ2v) is 7.50. The van der Waals surface area contributed by atoms with Gasteiger partial charge >= 0.3 is 0 Å². The summed E-state index contributed by atoms with van der Waals surface area (Å²) in [5.41, 5.74) is 1.66. The van der Waals surface area contributed by atoms with Crippen LogP contribution in [-0.2, 0) is 4.74 Å². The first-order valence-electron chi connectivity index (χ1n) is 10.1. The molecule has 3 heterocycles. The molecule has 152 valence electrons. The summed E-state index contributed by atoms with van der Waals surface area (Å²) in [6.07, 6.45) is 5.77. The first-order valence-corrected chi connectivity index (χ1v) is 10.1. The van der Waals surface area contributed by atoms with Gasteiger partial charge < -0.3 is 15.0 Å². The Morgan fingerprint density at radius 3 is 2.66 bits per heavy atom. The van der Waals surface area contributed by atoms with Gasteiger partial charge in [-0.2, -0.15) is 0 Å². The maximum atomic E-state index is 12.9. The van der Waals surface area contributed by atoms with E-state index in [0.29, 0.717) is 36.0 Å². The zero-order valence-corrected chi connectivity index (χ0v) is 16.4. The maximum absolute atomic E-state index is 12.9. The number of hydrogen-bond acceptors (Lipinski definition) is 5. The number of benzene rings is 1. The number of nitrogens with zero attached hydrogens (tertiary/aromatic N) is 3. The Morgan fingerprint density at radius 1 is 1.10 bits per heavy atom. The fourth-order valence-corrected chi connectivity index (χ4v) is 3.82. The van der Waals surface area contributed by atoms with Gasteiger partial charge in [-0.05, 0) is 43.2 Å². The highest BCUT2D eigenvalue weighted by atomic mass is 16.5. The molecule has 2 aliphatic rings. The van der Waals surface area contributed by atoms with Gasteiger partial charge in [-0.1, -0.05) is 6.07 Å². The summed E-state index contributed by atoms with van der Waals surface area (Å²) >= 11 is 0. The molecule has 7 heteroatoms. The highest BCUT2D eigenvalue weighted by molar-refractivity contribution is 6.04. The Hall–Kier alpha value is -2.77. The molecule has 1 aromatic carbocycles. The van der Waals surface area contributed by atoms with Crippen LogP contribution in [0, 0.1) is 0 Å². The topological polar surface area (TPSA) is 74.8 Å². The van der Waals surface area contributed by atoms with Crippen LogP contribution >= 0.6 is 0 Å². The summed E-state index contributed by atoms with van der Waals surface area (Å²) in [6.45, 7) is 4.97. The molecule has 0 radical (unpaired) electrons. The van der Waals surface area contributed by atoms with Crippen LogP contribution in [0.4, 0.5) is 5.69 Å². The van der Waals surface area contributed by atoms with Crippen LogP contribution in [0.3, 0.4) is 0 Å². The Balaban J connectivity index is 1.33. The minimum Gasteiger partial charge on any atom is -0.377 e.